The van der Waals surface area contributed by atoms with Gasteiger partial charge in [0.15, 0.2) is 5.03 Å². The van der Waals surface area contributed by atoms with Crippen LogP contribution in [0.4, 0.5) is 0 Å². The average Bonchev–Trinajstić information content (AvgIpc) is 2.60. The van der Waals surface area contributed by atoms with Crippen LogP contribution in [0.5, 0.6) is 0 Å². The Kier molecular flexibility index (Phi) is 5.38. The van der Waals surface area contributed by atoms with Crippen LogP contribution in [-0.2, 0) is 25.1 Å². The van der Waals surface area contributed by atoms with Gasteiger partial charge in [-0.1, -0.05) is 0 Å². The molecule has 0 saturated heterocycles. The Morgan fingerprint density at radius 2 is 2.12 bits per heavy atom. The van der Waals surface area contributed by atoms with Gasteiger partial charge in [-0.15, -0.1) is 0 Å². The first kappa shape index (κ1) is 14.4. The number of hydrogen-bond acceptors (Lipinski definition) is 5. The summed E-state index contributed by atoms with van der Waals surface area (Å²) in [6.45, 7) is 3.73. The second-order valence-corrected chi connectivity index (χ2v) is 5.88. The molecule has 98 valence electrons. The summed E-state index contributed by atoms with van der Waals surface area (Å²) < 4.78 is 33.9. The highest BCUT2D eigenvalue weighted by atomic mass is 35.7. The van der Waals surface area contributed by atoms with Crippen LogP contribution < -0.4 is 0 Å². The Morgan fingerprint density at radius 3 is 2.65 bits per heavy atom. The molecule has 0 N–H and O–H groups in total. The van der Waals surface area contributed by atoms with Gasteiger partial charge in [0, 0.05) is 30.5 Å². The summed E-state index contributed by atoms with van der Waals surface area (Å²) in [6, 6.07) is 0. The largest absolute Gasteiger partial charge is 0.382 e. The fraction of sp³-hybridized carbons (Fsp3) is 0.667. The minimum Gasteiger partial charge on any atom is -0.382 e. The Bertz CT molecular complexity index is 458. The minimum absolute atomic E-state index is 0.131. The maximum absolute atomic E-state index is 11.1. The van der Waals surface area contributed by atoms with Gasteiger partial charge in [0.1, 0.15) is 5.82 Å². The summed E-state index contributed by atoms with van der Waals surface area (Å²) in [5.41, 5.74) is 0. The fourth-order valence-corrected chi connectivity index (χ4v) is 1.95. The molecule has 0 spiro atoms. The number of ether oxygens (including phenoxy) is 2. The lowest BCUT2D eigenvalue weighted by molar-refractivity contribution is 0.0664. The maximum Gasteiger partial charge on any atom is 0.280 e. The van der Waals surface area contributed by atoms with E-state index in [-0.39, 0.29) is 5.03 Å². The molecule has 0 bridgehead atoms. The maximum atomic E-state index is 11.1. The molecule has 0 aliphatic carbocycles. The highest BCUT2D eigenvalue weighted by molar-refractivity contribution is 8.13. The zero-order chi connectivity index (χ0) is 12.9. The molecule has 0 unspecified atom stereocenters. The van der Waals surface area contributed by atoms with Crippen LogP contribution in [0.15, 0.2) is 11.2 Å². The van der Waals surface area contributed by atoms with Crippen LogP contribution in [0.3, 0.4) is 0 Å². The van der Waals surface area contributed by atoms with Crippen LogP contribution in [0.25, 0.3) is 0 Å². The highest BCUT2D eigenvalue weighted by Crippen LogP contribution is 2.13. The molecular weight excluding hydrogens is 268 g/mol. The molecule has 0 aromatic carbocycles. The SMILES string of the molecule is COCCOCCn1cc(S(=O)(=O)Cl)nc1C. The normalized spacial score (nSPS) is 11.9. The van der Waals surface area contributed by atoms with E-state index < -0.39 is 9.05 Å². The van der Waals surface area contributed by atoms with Gasteiger partial charge in [-0.2, -0.15) is 0 Å². The number of nitrogens with zero attached hydrogens (tertiary/aromatic N) is 2. The Morgan fingerprint density at radius 1 is 1.41 bits per heavy atom. The Hall–Kier alpha value is -0.630. The van der Waals surface area contributed by atoms with E-state index in [0.29, 0.717) is 32.2 Å². The molecule has 0 amide bonds. The molecule has 0 saturated carbocycles. The van der Waals surface area contributed by atoms with Crippen molar-refractivity contribution in [2.75, 3.05) is 26.9 Å². The Labute approximate surface area is 105 Å². The standard InChI is InChI=1S/C9H15ClN2O4S/c1-8-11-9(17(10,13)14)7-12(8)3-4-16-6-5-15-2/h7H,3-6H2,1-2H3. The van der Waals surface area contributed by atoms with Gasteiger partial charge < -0.3 is 14.0 Å². The summed E-state index contributed by atoms with van der Waals surface area (Å²) in [7, 11) is 3.03. The topological polar surface area (TPSA) is 70.4 Å². The van der Waals surface area contributed by atoms with Crippen molar-refractivity contribution in [1.82, 2.24) is 9.55 Å². The van der Waals surface area contributed by atoms with Gasteiger partial charge in [-0.05, 0) is 6.92 Å². The van der Waals surface area contributed by atoms with Crippen molar-refractivity contribution in [2.45, 2.75) is 18.5 Å². The van der Waals surface area contributed by atoms with E-state index in [1.807, 2.05) is 0 Å². The van der Waals surface area contributed by atoms with Crippen LogP contribution >= 0.6 is 10.7 Å². The van der Waals surface area contributed by atoms with E-state index in [4.69, 9.17) is 20.2 Å². The molecule has 0 atom stereocenters. The van der Waals surface area contributed by atoms with Crippen LogP contribution in [0.1, 0.15) is 5.82 Å². The number of imidazole rings is 1. The Balaban J connectivity index is 2.52. The van der Waals surface area contributed by atoms with Crippen LogP contribution in [-0.4, -0.2) is 44.9 Å². The molecule has 1 aromatic heterocycles. The number of methoxy groups -OCH3 is 1. The molecule has 1 heterocycles. The third-order valence-corrected chi connectivity index (χ3v) is 3.28. The van der Waals surface area contributed by atoms with Gasteiger partial charge in [0.2, 0.25) is 0 Å². The van der Waals surface area contributed by atoms with E-state index in [2.05, 4.69) is 4.98 Å². The first-order valence-corrected chi connectivity index (χ1v) is 7.31. The van der Waals surface area contributed by atoms with E-state index >= 15 is 0 Å². The molecule has 17 heavy (non-hydrogen) atoms. The summed E-state index contributed by atoms with van der Waals surface area (Å²) in [4.78, 5) is 3.86. The monoisotopic (exact) mass is 282 g/mol. The van der Waals surface area contributed by atoms with Crippen LogP contribution in [0.2, 0.25) is 0 Å². The van der Waals surface area contributed by atoms with Crippen molar-refractivity contribution < 1.29 is 17.9 Å². The van der Waals surface area contributed by atoms with Gasteiger partial charge in [0.05, 0.1) is 19.8 Å². The summed E-state index contributed by atoms with van der Waals surface area (Å²) in [5, 5.41) is -0.131. The van der Waals surface area contributed by atoms with Crippen molar-refractivity contribution in [3.63, 3.8) is 0 Å². The number of halogens is 1. The quantitative estimate of drug-likeness (QED) is 0.546. The van der Waals surface area contributed by atoms with E-state index in [1.54, 1.807) is 18.6 Å². The van der Waals surface area contributed by atoms with Crippen molar-refractivity contribution in [3.05, 3.63) is 12.0 Å². The number of rotatable bonds is 7. The van der Waals surface area contributed by atoms with Gasteiger partial charge >= 0.3 is 0 Å². The number of aromatic nitrogens is 2. The molecule has 8 heteroatoms. The molecule has 1 aromatic rings. The lowest BCUT2D eigenvalue weighted by Crippen LogP contribution is -2.09. The zero-order valence-electron chi connectivity index (χ0n) is 9.72. The van der Waals surface area contributed by atoms with Crippen molar-refractivity contribution in [3.8, 4) is 0 Å². The van der Waals surface area contributed by atoms with Gasteiger partial charge in [-0.3, -0.25) is 0 Å². The lowest BCUT2D eigenvalue weighted by Gasteiger charge is -2.05. The van der Waals surface area contributed by atoms with Crippen molar-refractivity contribution in [1.29, 1.82) is 0 Å². The van der Waals surface area contributed by atoms with Gasteiger partial charge in [0.25, 0.3) is 9.05 Å². The molecule has 1 rings (SSSR count). The molecule has 0 aliphatic heterocycles. The molecule has 0 fully saturated rings. The van der Waals surface area contributed by atoms with E-state index in [0.717, 1.165) is 0 Å². The predicted molar refractivity (Wildman–Crippen MR) is 62.7 cm³/mol. The van der Waals surface area contributed by atoms with Crippen molar-refractivity contribution in [2.24, 2.45) is 0 Å². The van der Waals surface area contributed by atoms with Gasteiger partial charge in [-0.25, -0.2) is 13.4 Å². The first-order valence-electron chi connectivity index (χ1n) is 5.00. The molecule has 0 radical (unpaired) electrons. The molecular formula is C9H15ClN2O4S. The molecule has 6 nitrogen and oxygen atoms in total. The van der Waals surface area contributed by atoms with E-state index in [9.17, 15) is 8.42 Å². The van der Waals surface area contributed by atoms with Crippen LogP contribution in [0, 0.1) is 6.92 Å². The first-order chi connectivity index (χ1) is 7.95. The number of hydrogen-bond donors (Lipinski definition) is 0. The summed E-state index contributed by atoms with van der Waals surface area (Å²) in [6.07, 6.45) is 1.40. The minimum atomic E-state index is -3.76. The fourth-order valence-electron chi connectivity index (χ4n) is 1.23. The third kappa shape index (κ3) is 4.63. The highest BCUT2D eigenvalue weighted by Gasteiger charge is 2.15. The van der Waals surface area contributed by atoms with E-state index in [1.165, 1.54) is 6.20 Å². The average molecular weight is 283 g/mol. The third-order valence-electron chi connectivity index (χ3n) is 2.11. The number of aryl methyl sites for hydroxylation is 1. The lowest BCUT2D eigenvalue weighted by atomic mass is 10.6. The zero-order valence-corrected chi connectivity index (χ0v) is 11.3. The summed E-state index contributed by atoms with van der Waals surface area (Å²) >= 11 is 0. The second kappa shape index (κ2) is 6.34. The van der Waals surface area contributed by atoms with Crippen molar-refractivity contribution >= 4 is 19.7 Å². The summed E-state index contributed by atoms with van der Waals surface area (Å²) in [5.74, 6) is 0.583. The predicted octanol–water partition coefficient (Wildman–Crippen LogP) is 0.782. The molecule has 0 aliphatic rings. The second-order valence-electron chi connectivity index (χ2n) is 3.36. The smallest absolute Gasteiger partial charge is 0.280 e.